The lowest BCUT2D eigenvalue weighted by molar-refractivity contribution is 0.689. The lowest BCUT2D eigenvalue weighted by Gasteiger charge is -2.33. The number of aromatic nitrogens is 2. The van der Waals surface area contributed by atoms with Crippen molar-refractivity contribution in [3.8, 4) is 16.8 Å². The predicted molar refractivity (Wildman–Crippen MR) is 150 cm³/mol. The largest absolute Gasteiger partial charge is 0.323 e. The quantitative estimate of drug-likeness (QED) is 0.253. The lowest BCUT2D eigenvalue weighted by Crippen LogP contribution is -2.31. The summed E-state index contributed by atoms with van der Waals surface area (Å²) in [4.78, 5) is 4.77. The van der Waals surface area contributed by atoms with Crippen LogP contribution >= 0.6 is 0 Å². The molecule has 0 atom stereocenters. The van der Waals surface area contributed by atoms with Crippen LogP contribution in [0.3, 0.4) is 0 Å². The van der Waals surface area contributed by atoms with Crippen molar-refractivity contribution in [1.29, 1.82) is 0 Å². The van der Waals surface area contributed by atoms with Gasteiger partial charge < -0.3 is 4.57 Å². The fourth-order valence-corrected chi connectivity index (χ4v) is 6.66. The Morgan fingerprint density at radius 3 is 2.61 bits per heavy atom. The second kappa shape index (κ2) is 6.83. The van der Waals surface area contributed by atoms with Gasteiger partial charge in [0.25, 0.3) is 0 Å². The minimum Gasteiger partial charge on any atom is -0.323 e. The third-order valence-corrected chi connectivity index (χ3v) is 8.12. The second-order valence-corrected chi connectivity index (χ2v) is 10.5. The molecule has 0 unspecified atom stereocenters. The first-order valence-corrected chi connectivity index (χ1v) is 12.6. The van der Waals surface area contributed by atoms with E-state index in [9.17, 15) is 0 Å². The highest BCUT2D eigenvalue weighted by molar-refractivity contribution is 6.09. The average molecular weight is 461 g/mol. The molecule has 3 aromatic carbocycles. The summed E-state index contributed by atoms with van der Waals surface area (Å²) in [7, 11) is 0. The molecule has 0 fully saturated rings. The van der Waals surface area contributed by atoms with E-state index < -0.39 is 0 Å². The summed E-state index contributed by atoms with van der Waals surface area (Å²) in [6, 6.07) is 28.4. The van der Waals surface area contributed by atoms with Crippen molar-refractivity contribution in [2.45, 2.75) is 19.3 Å². The molecule has 2 heteroatoms. The summed E-state index contributed by atoms with van der Waals surface area (Å²) in [5.41, 5.74) is 10.2. The molecule has 0 spiro atoms. The molecular formula is C34H24N2. The summed E-state index contributed by atoms with van der Waals surface area (Å²) in [5, 5.41) is 6.25. The van der Waals surface area contributed by atoms with Crippen molar-refractivity contribution in [2.75, 3.05) is 0 Å². The number of hydrogen-bond donors (Lipinski definition) is 0. The maximum Gasteiger partial charge on any atom is 0.0801 e. The summed E-state index contributed by atoms with van der Waals surface area (Å²) in [6.07, 6.45) is 11.1. The van der Waals surface area contributed by atoms with Crippen LogP contribution in [0.5, 0.6) is 0 Å². The second-order valence-electron chi connectivity index (χ2n) is 10.5. The molecule has 0 bridgehead atoms. The monoisotopic (exact) mass is 460 g/mol. The molecular weight excluding hydrogens is 436 g/mol. The van der Waals surface area contributed by atoms with Gasteiger partial charge in [-0.2, -0.15) is 0 Å². The highest BCUT2D eigenvalue weighted by atomic mass is 14.9. The molecule has 0 N–H and O–H groups in total. The van der Waals surface area contributed by atoms with Crippen molar-refractivity contribution in [1.82, 2.24) is 9.55 Å². The van der Waals surface area contributed by atoms with Crippen LogP contribution in [0.2, 0.25) is 0 Å². The number of pyridine rings is 2. The van der Waals surface area contributed by atoms with Gasteiger partial charge in [-0.15, -0.1) is 0 Å². The molecule has 0 radical (unpaired) electrons. The Morgan fingerprint density at radius 2 is 1.67 bits per heavy atom. The normalized spacial score (nSPS) is 15.5. The van der Waals surface area contributed by atoms with Crippen LogP contribution in [0.4, 0.5) is 0 Å². The number of nitrogens with zero attached hydrogens (tertiary/aromatic N) is 2. The van der Waals surface area contributed by atoms with E-state index in [1.807, 2.05) is 12.3 Å². The standard InChI is InChI=1S/C34H24N2/c1-34(2)31-25(17-23-7-3-4-10-27(23)31)19-26-18-24-14-16-36(20-28(24)32(26)34)29-11-5-8-21-12-13-22-9-6-15-35-33(22)30(21)29/h3-20H,1-2H3. The van der Waals surface area contributed by atoms with Crippen LogP contribution in [0.15, 0.2) is 103 Å². The number of benzene rings is 3. The molecule has 4 aromatic rings. The molecule has 3 aliphatic carbocycles. The van der Waals surface area contributed by atoms with Crippen LogP contribution in [0.25, 0.3) is 56.2 Å². The van der Waals surface area contributed by atoms with Gasteiger partial charge in [0.15, 0.2) is 0 Å². The van der Waals surface area contributed by atoms with E-state index in [0.717, 1.165) is 16.6 Å². The first-order valence-electron chi connectivity index (χ1n) is 12.6. The fourth-order valence-electron chi connectivity index (χ4n) is 6.66. The number of rotatable bonds is 1. The van der Waals surface area contributed by atoms with Gasteiger partial charge in [-0.3, -0.25) is 4.98 Å². The van der Waals surface area contributed by atoms with Crippen LogP contribution in [-0.2, 0) is 5.41 Å². The topological polar surface area (TPSA) is 17.8 Å². The maximum absolute atomic E-state index is 4.77. The highest BCUT2D eigenvalue weighted by Crippen LogP contribution is 2.50. The average Bonchev–Trinajstić information content (AvgIpc) is 3.46. The Bertz CT molecular complexity index is 2020. The van der Waals surface area contributed by atoms with E-state index >= 15 is 0 Å². The molecule has 0 saturated carbocycles. The molecule has 4 aliphatic rings. The maximum atomic E-state index is 4.77. The lowest BCUT2D eigenvalue weighted by atomic mass is 9.70. The summed E-state index contributed by atoms with van der Waals surface area (Å²) in [6.45, 7) is 4.77. The van der Waals surface area contributed by atoms with Gasteiger partial charge >= 0.3 is 0 Å². The number of fused-ring (bicyclic) bond motifs is 8. The van der Waals surface area contributed by atoms with E-state index in [-0.39, 0.29) is 5.41 Å². The van der Waals surface area contributed by atoms with E-state index in [2.05, 4.69) is 116 Å². The summed E-state index contributed by atoms with van der Waals surface area (Å²) < 4.78 is 2.29. The van der Waals surface area contributed by atoms with Crippen molar-refractivity contribution < 1.29 is 0 Å². The molecule has 1 aromatic heterocycles. The van der Waals surface area contributed by atoms with Gasteiger partial charge in [-0.25, -0.2) is 0 Å². The highest BCUT2D eigenvalue weighted by Gasteiger charge is 2.38. The summed E-state index contributed by atoms with van der Waals surface area (Å²) >= 11 is 0. The van der Waals surface area contributed by atoms with E-state index in [0.29, 0.717) is 0 Å². The smallest absolute Gasteiger partial charge is 0.0801 e. The van der Waals surface area contributed by atoms with Crippen molar-refractivity contribution in [3.63, 3.8) is 0 Å². The zero-order chi connectivity index (χ0) is 24.0. The van der Waals surface area contributed by atoms with E-state index in [4.69, 9.17) is 4.98 Å². The Balaban J connectivity index is 1.42. The molecule has 1 aliphatic heterocycles. The van der Waals surface area contributed by atoms with Crippen molar-refractivity contribution >= 4 is 39.4 Å². The van der Waals surface area contributed by atoms with Gasteiger partial charge in [0.05, 0.1) is 11.2 Å². The predicted octanol–water partition coefficient (Wildman–Crippen LogP) is 6.60. The van der Waals surface area contributed by atoms with Crippen LogP contribution in [-0.4, -0.2) is 9.55 Å². The van der Waals surface area contributed by atoms with Gasteiger partial charge in [-0.1, -0.05) is 68.4 Å². The van der Waals surface area contributed by atoms with Crippen LogP contribution < -0.4 is 10.4 Å². The fraction of sp³-hybridized carbons (Fsp3) is 0.0882. The third-order valence-electron chi connectivity index (χ3n) is 8.12. The minimum atomic E-state index is -0.101. The zero-order valence-corrected chi connectivity index (χ0v) is 20.3. The molecule has 2 heterocycles. The summed E-state index contributed by atoms with van der Waals surface area (Å²) in [5.74, 6) is 0. The molecule has 0 amide bonds. The van der Waals surface area contributed by atoms with Gasteiger partial charge in [0, 0.05) is 40.3 Å². The Kier molecular flexibility index (Phi) is 3.76. The van der Waals surface area contributed by atoms with Crippen LogP contribution in [0, 0.1) is 0 Å². The first kappa shape index (κ1) is 19.8. The number of hydrogen-bond acceptors (Lipinski definition) is 1. The van der Waals surface area contributed by atoms with Gasteiger partial charge in [-0.05, 0) is 80.1 Å². The number of allylic oxidation sites excluding steroid dienone is 1. The Morgan fingerprint density at radius 1 is 0.806 bits per heavy atom. The molecule has 0 saturated heterocycles. The molecule has 170 valence electrons. The van der Waals surface area contributed by atoms with E-state index in [1.54, 1.807) is 0 Å². The molecule has 2 nitrogen and oxygen atoms in total. The Hall–Kier alpha value is -4.43. The molecule has 8 rings (SSSR count). The van der Waals surface area contributed by atoms with Gasteiger partial charge in [0.1, 0.15) is 0 Å². The molecule has 36 heavy (non-hydrogen) atoms. The Labute approximate surface area is 209 Å². The van der Waals surface area contributed by atoms with Crippen molar-refractivity contribution in [2.24, 2.45) is 0 Å². The van der Waals surface area contributed by atoms with Crippen LogP contribution in [0.1, 0.15) is 25.0 Å². The van der Waals surface area contributed by atoms with Gasteiger partial charge in [0.2, 0.25) is 0 Å². The minimum absolute atomic E-state index is 0.101. The van der Waals surface area contributed by atoms with E-state index in [1.165, 1.54) is 54.6 Å². The third kappa shape index (κ3) is 2.54. The first-order chi connectivity index (χ1) is 17.6. The van der Waals surface area contributed by atoms with Crippen molar-refractivity contribution in [3.05, 3.63) is 125 Å². The zero-order valence-electron chi connectivity index (χ0n) is 20.3. The SMILES string of the molecule is CC1(C)C2=c3ccccc3=CC2=Cc2cc3ccn(-c4cccc5ccc6cccnc6c45)cc-3c21.